The molecular formula is C12H13NO. The highest BCUT2D eigenvalue weighted by Crippen LogP contribution is 2.31. The number of benzene rings is 1. The lowest BCUT2D eigenvalue weighted by Gasteiger charge is -2.32. The number of para-hydroxylation sites is 1. The first-order valence-electron chi connectivity index (χ1n) is 4.68. The van der Waals surface area contributed by atoms with E-state index in [1.54, 1.807) is 0 Å². The average Bonchev–Trinajstić information content (AvgIpc) is 2.15. The highest BCUT2D eigenvalue weighted by Gasteiger charge is 2.26. The molecule has 0 saturated carbocycles. The molecule has 1 aromatic carbocycles. The second-order valence-corrected chi connectivity index (χ2v) is 4.05. The maximum Gasteiger partial charge on any atom is 0.148 e. The van der Waals surface area contributed by atoms with Crippen LogP contribution >= 0.6 is 0 Å². The van der Waals surface area contributed by atoms with Gasteiger partial charge in [-0.15, -0.1) is 0 Å². The Morgan fingerprint density at radius 2 is 2.00 bits per heavy atom. The highest BCUT2D eigenvalue weighted by molar-refractivity contribution is 5.90. The molecule has 0 saturated heterocycles. The predicted octanol–water partition coefficient (Wildman–Crippen LogP) is 2.47. The van der Waals surface area contributed by atoms with E-state index in [-0.39, 0.29) is 5.54 Å². The maximum absolute atomic E-state index is 10.9. The summed E-state index contributed by atoms with van der Waals surface area (Å²) in [5, 5.41) is 3.34. The maximum atomic E-state index is 10.9. The van der Waals surface area contributed by atoms with Gasteiger partial charge >= 0.3 is 0 Å². The van der Waals surface area contributed by atoms with Crippen molar-refractivity contribution in [3.8, 4) is 0 Å². The molecule has 14 heavy (non-hydrogen) atoms. The number of carbonyl (C=O) groups is 1. The first-order chi connectivity index (χ1) is 6.63. The van der Waals surface area contributed by atoms with Crippen LogP contribution in [0.25, 0.3) is 6.08 Å². The van der Waals surface area contributed by atoms with E-state index in [1.165, 1.54) is 0 Å². The van der Waals surface area contributed by atoms with Gasteiger partial charge in [-0.3, -0.25) is 4.79 Å². The van der Waals surface area contributed by atoms with Gasteiger partial charge in [0.25, 0.3) is 0 Å². The molecule has 2 nitrogen and oxygen atoms in total. The van der Waals surface area contributed by atoms with E-state index in [1.807, 2.05) is 44.2 Å². The van der Waals surface area contributed by atoms with Gasteiger partial charge in [0.05, 0.1) is 5.54 Å². The van der Waals surface area contributed by atoms with Gasteiger partial charge in [-0.1, -0.05) is 18.2 Å². The normalized spacial score (nSPS) is 17.7. The lowest BCUT2D eigenvalue weighted by Crippen LogP contribution is -2.36. The fourth-order valence-corrected chi connectivity index (χ4v) is 1.67. The number of rotatable bonds is 1. The van der Waals surface area contributed by atoms with Gasteiger partial charge in [-0.05, 0) is 31.6 Å². The van der Waals surface area contributed by atoms with Gasteiger partial charge in [-0.25, -0.2) is 0 Å². The summed E-state index contributed by atoms with van der Waals surface area (Å²) in [6, 6.07) is 7.98. The zero-order valence-electron chi connectivity index (χ0n) is 8.37. The van der Waals surface area contributed by atoms with Crippen molar-refractivity contribution in [3.63, 3.8) is 0 Å². The Bertz CT molecular complexity index is 405. The van der Waals surface area contributed by atoms with Crippen LogP contribution in [0.15, 0.2) is 29.8 Å². The van der Waals surface area contributed by atoms with Crippen molar-refractivity contribution in [2.75, 3.05) is 5.32 Å². The highest BCUT2D eigenvalue weighted by atomic mass is 16.1. The van der Waals surface area contributed by atoms with Crippen molar-refractivity contribution < 1.29 is 4.79 Å². The fraction of sp³-hybridized carbons (Fsp3) is 0.250. The first kappa shape index (κ1) is 9.00. The summed E-state index contributed by atoms with van der Waals surface area (Å²) in [6.45, 7) is 4.01. The molecular weight excluding hydrogens is 174 g/mol. The van der Waals surface area contributed by atoms with Crippen LogP contribution in [0.4, 0.5) is 5.69 Å². The molecule has 0 aromatic heterocycles. The van der Waals surface area contributed by atoms with E-state index in [0.717, 1.165) is 23.1 Å². The Morgan fingerprint density at radius 1 is 1.29 bits per heavy atom. The fourth-order valence-electron chi connectivity index (χ4n) is 1.67. The predicted molar refractivity (Wildman–Crippen MR) is 58.2 cm³/mol. The molecule has 0 fully saturated rings. The zero-order chi connectivity index (χ0) is 10.2. The van der Waals surface area contributed by atoms with E-state index in [9.17, 15) is 4.79 Å². The van der Waals surface area contributed by atoms with E-state index in [2.05, 4.69) is 5.32 Å². The first-order valence-corrected chi connectivity index (χ1v) is 4.68. The number of carbonyl (C=O) groups excluding carboxylic acids is 1. The second-order valence-electron chi connectivity index (χ2n) is 4.05. The molecule has 1 aliphatic rings. The van der Waals surface area contributed by atoms with Crippen molar-refractivity contribution >= 4 is 18.0 Å². The number of anilines is 1. The minimum Gasteiger partial charge on any atom is -0.375 e. The molecule has 0 amide bonds. The van der Waals surface area contributed by atoms with Crippen molar-refractivity contribution in [2.45, 2.75) is 19.4 Å². The van der Waals surface area contributed by atoms with Crippen molar-refractivity contribution in [1.82, 2.24) is 0 Å². The molecule has 1 N–H and O–H groups in total. The summed E-state index contributed by atoms with van der Waals surface area (Å²) in [6.07, 6.45) is 2.86. The molecule has 0 unspecified atom stereocenters. The Labute approximate surface area is 83.6 Å². The molecule has 0 radical (unpaired) electrons. The summed E-state index contributed by atoms with van der Waals surface area (Å²) < 4.78 is 0. The summed E-state index contributed by atoms with van der Waals surface area (Å²) >= 11 is 0. The third-order valence-corrected chi connectivity index (χ3v) is 2.57. The smallest absolute Gasteiger partial charge is 0.148 e. The van der Waals surface area contributed by atoms with Gasteiger partial charge in [0.1, 0.15) is 6.29 Å². The molecule has 0 atom stereocenters. The number of hydrogen-bond acceptors (Lipinski definition) is 2. The van der Waals surface area contributed by atoms with E-state index >= 15 is 0 Å². The molecule has 2 rings (SSSR count). The van der Waals surface area contributed by atoms with Crippen LogP contribution in [0, 0.1) is 0 Å². The van der Waals surface area contributed by atoms with Crippen molar-refractivity contribution in [3.05, 3.63) is 35.4 Å². The summed E-state index contributed by atoms with van der Waals surface area (Å²) in [5.74, 6) is 0. The standard InChI is InChI=1S/C12H13NO/c1-12(2)10(8-14)7-9-5-3-4-6-11(9)13-12/h3-8,13H,1-2H3. The van der Waals surface area contributed by atoms with Crippen LogP contribution in [0.5, 0.6) is 0 Å². The minimum absolute atomic E-state index is 0.268. The molecule has 0 bridgehead atoms. The van der Waals surface area contributed by atoms with E-state index in [0.29, 0.717) is 0 Å². The van der Waals surface area contributed by atoms with Crippen LogP contribution < -0.4 is 5.32 Å². The molecule has 72 valence electrons. The summed E-state index contributed by atoms with van der Waals surface area (Å²) in [5.41, 5.74) is 2.68. The van der Waals surface area contributed by atoms with Gasteiger partial charge in [0, 0.05) is 11.3 Å². The third kappa shape index (κ3) is 1.33. The van der Waals surface area contributed by atoms with E-state index in [4.69, 9.17) is 0 Å². The van der Waals surface area contributed by atoms with E-state index < -0.39 is 0 Å². The topological polar surface area (TPSA) is 29.1 Å². The number of nitrogens with one attached hydrogen (secondary N) is 1. The molecule has 0 aliphatic carbocycles. The molecule has 1 heterocycles. The number of hydrogen-bond donors (Lipinski definition) is 1. The van der Waals surface area contributed by atoms with Crippen molar-refractivity contribution in [1.29, 1.82) is 0 Å². The van der Waals surface area contributed by atoms with Gasteiger partial charge < -0.3 is 5.32 Å². The molecule has 1 aliphatic heterocycles. The van der Waals surface area contributed by atoms with Crippen LogP contribution in [0.3, 0.4) is 0 Å². The van der Waals surface area contributed by atoms with Crippen molar-refractivity contribution in [2.24, 2.45) is 0 Å². The number of fused-ring (bicyclic) bond motifs is 1. The Hall–Kier alpha value is -1.57. The minimum atomic E-state index is -0.268. The monoisotopic (exact) mass is 187 g/mol. The second kappa shape index (κ2) is 2.98. The Balaban J connectivity index is 2.55. The summed E-state index contributed by atoms with van der Waals surface area (Å²) in [7, 11) is 0. The zero-order valence-corrected chi connectivity index (χ0v) is 8.37. The van der Waals surface area contributed by atoms with Crippen LogP contribution in [0.2, 0.25) is 0 Å². The largest absolute Gasteiger partial charge is 0.375 e. The van der Waals surface area contributed by atoms with Crippen LogP contribution in [-0.2, 0) is 4.79 Å². The average molecular weight is 187 g/mol. The molecule has 0 spiro atoms. The quantitative estimate of drug-likeness (QED) is 0.684. The van der Waals surface area contributed by atoms with Gasteiger partial charge in [0.15, 0.2) is 0 Å². The lowest BCUT2D eigenvalue weighted by molar-refractivity contribution is -0.105. The third-order valence-electron chi connectivity index (χ3n) is 2.57. The Morgan fingerprint density at radius 3 is 2.71 bits per heavy atom. The Kier molecular flexibility index (Phi) is 1.92. The summed E-state index contributed by atoms with van der Waals surface area (Å²) in [4.78, 5) is 10.9. The van der Waals surface area contributed by atoms with Gasteiger partial charge in [-0.2, -0.15) is 0 Å². The van der Waals surface area contributed by atoms with Crippen LogP contribution in [-0.4, -0.2) is 11.8 Å². The van der Waals surface area contributed by atoms with Crippen LogP contribution in [0.1, 0.15) is 19.4 Å². The number of aldehydes is 1. The van der Waals surface area contributed by atoms with Gasteiger partial charge in [0.2, 0.25) is 0 Å². The SMILES string of the molecule is CC1(C)Nc2ccccc2C=C1C=O. The molecule has 2 heteroatoms. The molecule has 1 aromatic rings. The lowest BCUT2D eigenvalue weighted by atomic mass is 9.88.